The molecule has 0 aliphatic heterocycles. The molecule has 0 bridgehead atoms. The van der Waals surface area contributed by atoms with E-state index in [1.54, 1.807) is 0 Å². The van der Waals surface area contributed by atoms with Crippen LogP contribution in [0.4, 0.5) is 0 Å². The van der Waals surface area contributed by atoms with E-state index >= 15 is 0 Å². The van der Waals surface area contributed by atoms with Gasteiger partial charge < -0.3 is 0 Å². The average molecular weight is 243 g/mol. The van der Waals surface area contributed by atoms with E-state index < -0.39 is 12.0 Å². The van der Waals surface area contributed by atoms with Crippen LogP contribution in [0.15, 0.2) is 18.2 Å². The predicted molar refractivity (Wildman–Crippen MR) is 61.8 cm³/mol. The molecule has 0 amide bonds. The summed E-state index contributed by atoms with van der Waals surface area (Å²) in [5, 5.41) is 12.2. The van der Waals surface area contributed by atoms with E-state index in [4.69, 9.17) is 35.8 Å². The topological polar surface area (TPSA) is 49.3 Å². The van der Waals surface area contributed by atoms with Crippen molar-refractivity contribution >= 4 is 42.7 Å². The Labute approximate surface area is 98.1 Å². The number of hydrogen-bond donors (Lipinski definition) is 2. The Bertz CT molecular complexity index is 377. The molecule has 0 saturated carbocycles. The van der Waals surface area contributed by atoms with Crippen LogP contribution >= 0.6 is 23.2 Å². The van der Waals surface area contributed by atoms with Gasteiger partial charge in [-0.05, 0) is 0 Å². The first-order chi connectivity index (χ1) is 7.04. The molecule has 0 aliphatic carbocycles. The van der Waals surface area contributed by atoms with Gasteiger partial charge in [-0.2, -0.15) is 0 Å². The summed E-state index contributed by atoms with van der Waals surface area (Å²) in [6.45, 7) is 0. The second kappa shape index (κ2) is 5.19. The van der Waals surface area contributed by atoms with Crippen molar-refractivity contribution in [2.75, 3.05) is 0 Å². The van der Waals surface area contributed by atoms with Crippen LogP contribution in [0.3, 0.4) is 0 Å². The predicted octanol–water partition coefficient (Wildman–Crippen LogP) is 1.64. The Morgan fingerprint density at radius 1 is 1.40 bits per heavy atom. The Morgan fingerprint density at radius 2 is 1.93 bits per heavy atom. The number of hydrogen-bond acceptors (Lipinski definition) is 2. The number of nitrogens with one attached hydrogen (secondary N) is 1. The molecule has 3 nitrogen and oxygen atoms in total. The van der Waals surface area contributed by atoms with Gasteiger partial charge in [-0.15, -0.1) is 0 Å². The molecular weight excluding hydrogens is 236 g/mol. The minimum atomic E-state index is -1.06. The van der Waals surface area contributed by atoms with E-state index in [-0.39, 0.29) is 0 Å². The van der Waals surface area contributed by atoms with Gasteiger partial charge in [0, 0.05) is 0 Å². The van der Waals surface area contributed by atoms with E-state index in [1.807, 2.05) is 0 Å². The Balaban J connectivity index is 3.10. The molecule has 1 atom stereocenters. The Hall–Kier alpha value is -0.995. The summed E-state index contributed by atoms with van der Waals surface area (Å²) in [7, 11) is 5.12. The first kappa shape index (κ1) is 12.1. The van der Waals surface area contributed by atoms with Gasteiger partial charge in [0.1, 0.15) is 0 Å². The monoisotopic (exact) mass is 242 g/mol. The molecular formula is C9H7BCl2NO2. The van der Waals surface area contributed by atoms with Gasteiger partial charge >= 0.3 is 97.8 Å². The van der Waals surface area contributed by atoms with Crippen molar-refractivity contribution in [3.63, 3.8) is 0 Å². The molecule has 0 aromatic heterocycles. The zero-order chi connectivity index (χ0) is 11.4. The van der Waals surface area contributed by atoms with Gasteiger partial charge in [-0.1, -0.05) is 0 Å². The van der Waals surface area contributed by atoms with Crippen LogP contribution in [-0.2, 0) is 4.79 Å². The van der Waals surface area contributed by atoms with E-state index in [0.29, 0.717) is 15.6 Å². The standard InChI is InChI=1S/C9H7BCl2NO2/c10-4-13-8(9(14)15)5-1-6(11)3-7(12)2-5/h1-4,8,13H,(H,14,15). The van der Waals surface area contributed by atoms with Crippen LogP contribution in [0.1, 0.15) is 11.6 Å². The zero-order valence-corrected chi connectivity index (χ0v) is 9.09. The molecule has 2 N–H and O–H groups in total. The van der Waals surface area contributed by atoms with Crippen molar-refractivity contribution in [1.29, 1.82) is 0 Å². The number of carboxylic acid groups (broad SMARTS) is 1. The molecule has 0 saturated heterocycles. The third kappa shape index (κ3) is 3.25. The van der Waals surface area contributed by atoms with Crippen molar-refractivity contribution in [2.24, 2.45) is 0 Å². The van der Waals surface area contributed by atoms with Crippen molar-refractivity contribution in [2.45, 2.75) is 6.04 Å². The number of rotatable bonds is 4. The number of carbonyl (C=O) groups is 1. The van der Waals surface area contributed by atoms with Crippen LogP contribution in [-0.4, -0.2) is 24.7 Å². The second-order valence-corrected chi connectivity index (χ2v) is 3.68. The van der Waals surface area contributed by atoms with Crippen LogP contribution in [0.5, 0.6) is 0 Å². The summed E-state index contributed by atoms with van der Waals surface area (Å²) in [5.74, 6) is -1.06. The summed E-state index contributed by atoms with van der Waals surface area (Å²) >= 11 is 11.5. The molecule has 0 heterocycles. The van der Waals surface area contributed by atoms with Crippen LogP contribution in [0.2, 0.25) is 10.0 Å². The first-order valence-electron chi connectivity index (χ1n) is 4.03. The minimum absolute atomic E-state index is 0.377. The third-order valence-corrected chi connectivity index (χ3v) is 2.16. The van der Waals surface area contributed by atoms with Crippen LogP contribution in [0.25, 0.3) is 0 Å². The fraction of sp³-hybridized carbons (Fsp3) is 0.111. The SMILES string of the molecule is [B]=CNC(C(=O)O)c1cc(Cl)cc(Cl)c1. The Morgan fingerprint density at radius 3 is 2.33 bits per heavy atom. The molecule has 1 aromatic carbocycles. The molecule has 6 heteroatoms. The average Bonchev–Trinajstić information content (AvgIpc) is 2.11. The summed E-state index contributed by atoms with van der Waals surface area (Å²) in [4.78, 5) is 10.9. The van der Waals surface area contributed by atoms with Gasteiger partial charge in [0.2, 0.25) is 0 Å². The Kier molecular flexibility index (Phi) is 4.18. The van der Waals surface area contributed by atoms with Crippen LogP contribution < -0.4 is 5.32 Å². The molecule has 0 fully saturated rings. The summed E-state index contributed by atoms with van der Waals surface area (Å²) in [5.41, 5.74) is 0.446. The van der Waals surface area contributed by atoms with Crippen molar-refractivity contribution in [3.8, 4) is 0 Å². The summed E-state index contributed by atoms with van der Waals surface area (Å²) in [6, 6.07) is 3.61. The molecule has 1 rings (SSSR count). The van der Waals surface area contributed by atoms with E-state index in [2.05, 4.69) is 5.32 Å². The molecule has 1 aromatic rings. The number of benzene rings is 1. The van der Waals surface area contributed by atoms with Gasteiger partial charge in [0.15, 0.2) is 0 Å². The summed E-state index contributed by atoms with van der Waals surface area (Å²) in [6.07, 6.45) is 1.06. The molecule has 15 heavy (non-hydrogen) atoms. The second-order valence-electron chi connectivity index (χ2n) is 2.81. The number of halogens is 2. The van der Waals surface area contributed by atoms with Crippen molar-refractivity contribution < 1.29 is 9.90 Å². The van der Waals surface area contributed by atoms with Gasteiger partial charge in [-0.3, -0.25) is 0 Å². The molecule has 1 unspecified atom stereocenters. The molecule has 0 spiro atoms. The van der Waals surface area contributed by atoms with Crippen LogP contribution in [0, 0.1) is 0 Å². The van der Waals surface area contributed by atoms with E-state index in [1.165, 1.54) is 18.2 Å². The van der Waals surface area contributed by atoms with Crippen molar-refractivity contribution in [3.05, 3.63) is 33.8 Å². The number of aliphatic carboxylic acids is 1. The van der Waals surface area contributed by atoms with Gasteiger partial charge in [0.05, 0.1) is 0 Å². The van der Waals surface area contributed by atoms with Crippen molar-refractivity contribution in [1.82, 2.24) is 5.32 Å². The van der Waals surface area contributed by atoms with E-state index in [9.17, 15) is 4.79 Å². The molecule has 1 radical (unpaired) electrons. The third-order valence-electron chi connectivity index (χ3n) is 1.73. The normalized spacial score (nSPS) is 11.8. The number of carboxylic acids is 1. The fourth-order valence-corrected chi connectivity index (χ4v) is 1.69. The maximum absolute atomic E-state index is 10.9. The summed E-state index contributed by atoms with van der Waals surface area (Å²) < 4.78 is 0. The molecule has 77 valence electrons. The maximum atomic E-state index is 10.9. The van der Waals surface area contributed by atoms with Gasteiger partial charge in [0.25, 0.3) is 0 Å². The quantitative estimate of drug-likeness (QED) is 0.790. The first-order valence-corrected chi connectivity index (χ1v) is 4.78. The fourth-order valence-electron chi connectivity index (χ4n) is 1.15. The molecule has 0 aliphatic rings. The van der Waals surface area contributed by atoms with E-state index in [0.717, 1.165) is 6.09 Å². The zero-order valence-electron chi connectivity index (χ0n) is 7.58. The van der Waals surface area contributed by atoms with Gasteiger partial charge in [-0.25, -0.2) is 0 Å².